The lowest BCUT2D eigenvalue weighted by atomic mass is 10.2. The minimum absolute atomic E-state index is 0.0198. The Morgan fingerprint density at radius 1 is 0.714 bits per heavy atom. The van der Waals surface area contributed by atoms with Gasteiger partial charge in [-0.25, -0.2) is 0 Å². The van der Waals surface area contributed by atoms with Crippen LogP contribution in [-0.4, -0.2) is 60.9 Å². The summed E-state index contributed by atoms with van der Waals surface area (Å²) in [5.41, 5.74) is 0. The highest BCUT2D eigenvalue weighted by molar-refractivity contribution is 4.61. The fourth-order valence-corrected chi connectivity index (χ4v) is 1.40. The zero-order valence-electron chi connectivity index (χ0n) is 13.7. The van der Waals surface area contributed by atoms with Gasteiger partial charge in [0.05, 0.1) is 19.8 Å². The highest BCUT2D eigenvalue weighted by Gasteiger charge is 2.33. The van der Waals surface area contributed by atoms with Gasteiger partial charge in [-0.05, 0) is 0 Å². The van der Waals surface area contributed by atoms with Crippen molar-refractivity contribution in [3.63, 3.8) is 0 Å². The predicted molar refractivity (Wildman–Crippen MR) is 79.6 cm³/mol. The number of ether oxygens (including phenoxy) is 3. The summed E-state index contributed by atoms with van der Waals surface area (Å²) >= 11 is 0. The molecule has 0 bridgehead atoms. The lowest BCUT2D eigenvalue weighted by Crippen LogP contribution is -2.42. The zero-order valence-corrected chi connectivity index (χ0v) is 13.7. The number of aliphatic hydroxyl groups excluding tert-OH is 3. The molecule has 6 nitrogen and oxygen atoms in total. The maximum atomic E-state index is 9.09. The second kappa shape index (κ2) is 11.3. The first-order valence-electron chi connectivity index (χ1n) is 7.67. The van der Waals surface area contributed by atoms with Crippen LogP contribution in [0.2, 0.25) is 0 Å². The van der Waals surface area contributed by atoms with Crippen LogP contribution in [0.4, 0.5) is 0 Å². The van der Waals surface area contributed by atoms with Crippen LogP contribution < -0.4 is 0 Å². The molecule has 0 aromatic carbocycles. The standard InChI is InChI=1S/C15H32O6/c1-5-15(19-9-12(2)6-16,20-10-13(3)7-17)21-11-14(4)8-18/h12-14,16-18H,5-11H2,1-4H3. The molecule has 0 radical (unpaired) electrons. The third kappa shape index (κ3) is 8.70. The van der Waals surface area contributed by atoms with Crippen LogP contribution in [0, 0.1) is 17.8 Å². The topological polar surface area (TPSA) is 88.4 Å². The Labute approximate surface area is 128 Å². The smallest absolute Gasteiger partial charge is 0.282 e. The van der Waals surface area contributed by atoms with Crippen molar-refractivity contribution in [3.8, 4) is 0 Å². The van der Waals surface area contributed by atoms with Gasteiger partial charge in [-0.3, -0.25) is 0 Å². The first-order chi connectivity index (χ1) is 9.92. The van der Waals surface area contributed by atoms with Gasteiger partial charge < -0.3 is 29.5 Å². The summed E-state index contributed by atoms with van der Waals surface area (Å²) in [6.45, 7) is 8.51. The largest absolute Gasteiger partial charge is 0.396 e. The molecule has 0 rings (SSSR count). The molecule has 0 aliphatic heterocycles. The van der Waals surface area contributed by atoms with Gasteiger partial charge in [-0.15, -0.1) is 0 Å². The molecule has 0 saturated heterocycles. The van der Waals surface area contributed by atoms with Gasteiger partial charge >= 0.3 is 0 Å². The number of hydrogen-bond acceptors (Lipinski definition) is 6. The van der Waals surface area contributed by atoms with Crippen LogP contribution in [0.3, 0.4) is 0 Å². The van der Waals surface area contributed by atoms with Gasteiger partial charge in [-0.2, -0.15) is 0 Å². The maximum Gasteiger partial charge on any atom is 0.282 e. The molecule has 0 aromatic rings. The third-order valence-electron chi connectivity index (χ3n) is 3.13. The predicted octanol–water partition coefficient (Wildman–Crippen LogP) is 0.985. The Morgan fingerprint density at radius 3 is 1.19 bits per heavy atom. The molecule has 128 valence electrons. The molecular formula is C15H32O6. The van der Waals surface area contributed by atoms with Crippen molar-refractivity contribution < 1.29 is 29.5 Å². The van der Waals surface area contributed by atoms with E-state index in [0.29, 0.717) is 26.2 Å². The van der Waals surface area contributed by atoms with E-state index < -0.39 is 5.97 Å². The normalized spacial score (nSPS) is 19.0. The maximum absolute atomic E-state index is 9.09. The number of aliphatic hydroxyl groups is 3. The van der Waals surface area contributed by atoms with Gasteiger partial charge in [0.25, 0.3) is 5.97 Å². The molecule has 0 heterocycles. The van der Waals surface area contributed by atoms with Crippen molar-refractivity contribution in [3.05, 3.63) is 0 Å². The van der Waals surface area contributed by atoms with Crippen LogP contribution in [0.15, 0.2) is 0 Å². The Morgan fingerprint density at radius 2 is 1.00 bits per heavy atom. The van der Waals surface area contributed by atoms with Gasteiger partial charge in [0.1, 0.15) is 0 Å². The molecule has 0 fully saturated rings. The minimum atomic E-state index is -1.20. The molecule has 3 unspecified atom stereocenters. The summed E-state index contributed by atoms with van der Waals surface area (Å²) < 4.78 is 17.3. The quantitative estimate of drug-likeness (QED) is 0.440. The van der Waals surface area contributed by atoms with Crippen LogP contribution >= 0.6 is 0 Å². The molecular weight excluding hydrogens is 276 g/mol. The van der Waals surface area contributed by atoms with Crippen molar-refractivity contribution >= 4 is 0 Å². The molecule has 21 heavy (non-hydrogen) atoms. The van der Waals surface area contributed by atoms with Crippen LogP contribution in [0.25, 0.3) is 0 Å². The molecule has 0 saturated carbocycles. The minimum Gasteiger partial charge on any atom is -0.396 e. The summed E-state index contributed by atoms with van der Waals surface area (Å²) in [6.07, 6.45) is 0.474. The summed E-state index contributed by atoms with van der Waals surface area (Å²) in [5, 5.41) is 27.3. The van der Waals surface area contributed by atoms with Crippen molar-refractivity contribution in [2.45, 2.75) is 40.1 Å². The van der Waals surface area contributed by atoms with Gasteiger partial charge in [0.15, 0.2) is 0 Å². The monoisotopic (exact) mass is 308 g/mol. The van der Waals surface area contributed by atoms with E-state index in [1.54, 1.807) is 0 Å². The molecule has 3 atom stereocenters. The van der Waals surface area contributed by atoms with E-state index in [4.69, 9.17) is 29.5 Å². The SMILES string of the molecule is CCC(OCC(C)CO)(OCC(C)CO)OCC(C)CO. The zero-order chi connectivity index (χ0) is 16.3. The first-order valence-corrected chi connectivity index (χ1v) is 7.67. The summed E-state index contributed by atoms with van der Waals surface area (Å²) in [4.78, 5) is 0. The number of rotatable bonds is 13. The van der Waals surface area contributed by atoms with E-state index in [2.05, 4.69) is 0 Å². The van der Waals surface area contributed by atoms with E-state index in [1.165, 1.54) is 0 Å². The fourth-order valence-electron chi connectivity index (χ4n) is 1.40. The summed E-state index contributed by atoms with van der Waals surface area (Å²) in [5.74, 6) is -1.26. The van der Waals surface area contributed by atoms with Crippen molar-refractivity contribution in [2.24, 2.45) is 17.8 Å². The Balaban J connectivity index is 4.65. The van der Waals surface area contributed by atoms with Crippen LogP contribution in [0.5, 0.6) is 0 Å². The summed E-state index contributed by atoms with van der Waals surface area (Å²) in [6, 6.07) is 0. The molecule has 0 aliphatic carbocycles. The second-order valence-corrected chi connectivity index (χ2v) is 5.83. The highest BCUT2D eigenvalue weighted by Crippen LogP contribution is 2.23. The van der Waals surface area contributed by atoms with Gasteiger partial charge in [-0.1, -0.05) is 27.7 Å². The molecule has 0 spiro atoms. The van der Waals surface area contributed by atoms with E-state index in [9.17, 15) is 0 Å². The Kier molecular flexibility index (Phi) is 11.2. The summed E-state index contributed by atoms with van der Waals surface area (Å²) in [7, 11) is 0. The average molecular weight is 308 g/mol. The first kappa shape index (κ1) is 20.8. The van der Waals surface area contributed by atoms with Gasteiger partial charge in [0.2, 0.25) is 0 Å². The number of hydrogen-bond donors (Lipinski definition) is 3. The van der Waals surface area contributed by atoms with Crippen molar-refractivity contribution in [2.75, 3.05) is 39.6 Å². The van der Waals surface area contributed by atoms with Crippen LogP contribution in [0.1, 0.15) is 34.1 Å². The van der Waals surface area contributed by atoms with E-state index in [0.717, 1.165) is 0 Å². The highest BCUT2D eigenvalue weighted by atomic mass is 16.9. The second-order valence-electron chi connectivity index (χ2n) is 5.83. The molecule has 0 aromatic heterocycles. The van der Waals surface area contributed by atoms with E-state index in [1.807, 2.05) is 27.7 Å². The van der Waals surface area contributed by atoms with Crippen molar-refractivity contribution in [1.82, 2.24) is 0 Å². The Hall–Kier alpha value is -0.240. The fraction of sp³-hybridized carbons (Fsp3) is 1.00. The lowest BCUT2D eigenvalue weighted by molar-refractivity contribution is -0.389. The van der Waals surface area contributed by atoms with Crippen LogP contribution in [-0.2, 0) is 14.2 Å². The van der Waals surface area contributed by atoms with E-state index in [-0.39, 0.29) is 37.6 Å². The van der Waals surface area contributed by atoms with Gasteiger partial charge in [0, 0.05) is 44.0 Å². The molecule has 0 aliphatic rings. The van der Waals surface area contributed by atoms with Crippen molar-refractivity contribution in [1.29, 1.82) is 0 Å². The lowest BCUT2D eigenvalue weighted by Gasteiger charge is -2.34. The molecule has 6 heteroatoms. The Bertz CT molecular complexity index is 212. The van der Waals surface area contributed by atoms with E-state index >= 15 is 0 Å². The average Bonchev–Trinajstić information content (AvgIpc) is 2.53. The molecule has 3 N–H and O–H groups in total. The third-order valence-corrected chi connectivity index (χ3v) is 3.13. The molecule has 0 amide bonds.